The van der Waals surface area contributed by atoms with E-state index in [2.05, 4.69) is 17.1 Å². The minimum absolute atomic E-state index is 0.0838. The first-order valence-corrected chi connectivity index (χ1v) is 7.89. The van der Waals surface area contributed by atoms with Gasteiger partial charge in [-0.1, -0.05) is 13.3 Å². The highest BCUT2D eigenvalue weighted by Gasteiger charge is 2.21. The second kappa shape index (κ2) is 7.55. The van der Waals surface area contributed by atoms with Gasteiger partial charge in [0.05, 0.1) is 0 Å². The van der Waals surface area contributed by atoms with Crippen LogP contribution in [0.15, 0.2) is 18.2 Å². The van der Waals surface area contributed by atoms with Crippen LogP contribution in [-0.2, 0) is 0 Å². The molecule has 1 aromatic rings. The summed E-state index contributed by atoms with van der Waals surface area (Å²) in [7, 11) is 0. The number of carbonyl (C=O) groups is 1. The molecule has 0 bridgehead atoms. The van der Waals surface area contributed by atoms with E-state index in [1.165, 1.54) is 25.0 Å². The average molecular weight is 292 g/mol. The molecule has 0 spiro atoms. The monoisotopic (exact) mass is 292 g/mol. The number of hydrogen-bond acceptors (Lipinski definition) is 2. The minimum atomic E-state index is -0.298. The number of nitrogens with zero attached hydrogens (tertiary/aromatic N) is 1. The molecule has 116 valence electrons. The summed E-state index contributed by atoms with van der Waals surface area (Å²) < 4.78 is 13.1. The van der Waals surface area contributed by atoms with Gasteiger partial charge in [0.15, 0.2) is 0 Å². The van der Waals surface area contributed by atoms with Crippen LogP contribution in [0, 0.1) is 12.7 Å². The molecule has 0 aliphatic carbocycles. The van der Waals surface area contributed by atoms with E-state index in [9.17, 15) is 9.18 Å². The van der Waals surface area contributed by atoms with Crippen LogP contribution in [0.2, 0.25) is 0 Å². The van der Waals surface area contributed by atoms with Crippen LogP contribution in [0.25, 0.3) is 0 Å². The number of likely N-dealkylation sites (tertiary alicyclic amines) is 1. The van der Waals surface area contributed by atoms with E-state index in [-0.39, 0.29) is 17.8 Å². The van der Waals surface area contributed by atoms with Crippen molar-refractivity contribution in [2.75, 3.05) is 19.6 Å². The van der Waals surface area contributed by atoms with Gasteiger partial charge >= 0.3 is 0 Å². The maximum atomic E-state index is 13.1. The van der Waals surface area contributed by atoms with Gasteiger partial charge in [0.25, 0.3) is 5.91 Å². The van der Waals surface area contributed by atoms with Crippen molar-refractivity contribution in [2.24, 2.45) is 0 Å². The molecule has 0 atom stereocenters. The van der Waals surface area contributed by atoms with E-state index < -0.39 is 0 Å². The van der Waals surface area contributed by atoms with Crippen LogP contribution in [0.4, 0.5) is 4.39 Å². The Kier molecular flexibility index (Phi) is 5.74. The summed E-state index contributed by atoms with van der Waals surface area (Å²) in [5.74, 6) is -0.382. The molecule has 3 nitrogen and oxygen atoms in total. The topological polar surface area (TPSA) is 32.3 Å². The molecule has 1 aromatic carbocycles. The maximum Gasteiger partial charge on any atom is 0.251 e. The smallest absolute Gasteiger partial charge is 0.251 e. The summed E-state index contributed by atoms with van der Waals surface area (Å²) in [6.07, 6.45) is 4.46. The van der Waals surface area contributed by atoms with Crippen LogP contribution >= 0.6 is 0 Å². The van der Waals surface area contributed by atoms with Crippen molar-refractivity contribution < 1.29 is 9.18 Å². The minimum Gasteiger partial charge on any atom is -0.349 e. The number of carbonyl (C=O) groups excluding carboxylic acids is 1. The zero-order valence-electron chi connectivity index (χ0n) is 13.0. The Bertz CT molecular complexity index is 482. The third-order valence-electron chi connectivity index (χ3n) is 4.18. The van der Waals surface area contributed by atoms with Gasteiger partial charge in [-0.05, 0) is 56.5 Å². The summed E-state index contributed by atoms with van der Waals surface area (Å²) in [6, 6.07) is 4.55. The Morgan fingerprint density at radius 3 is 2.71 bits per heavy atom. The molecule has 1 aliphatic rings. The Hall–Kier alpha value is -1.42. The standard InChI is InChI=1S/C17H25FN2O/c1-3-4-9-20-10-7-15(8-11-20)19-17(21)16-6-5-14(18)12-13(16)2/h5-6,12,15H,3-4,7-11H2,1-2H3,(H,19,21). The lowest BCUT2D eigenvalue weighted by Gasteiger charge is -2.32. The molecule has 4 heteroatoms. The van der Waals surface area contributed by atoms with Gasteiger partial charge in [-0.15, -0.1) is 0 Å². The van der Waals surface area contributed by atoms with Crippen molar-refractivity contribution in [3.8, 4) is 0 Å². The second-order valence-electron chi connectivity index (χ2n) is 5.90. The number of rotatable bonds is 5. The van der Waals surface area contributed by atoms with Crippen molar-refractivity contribution in [3.63, 3.8) is 0 Å². The Morgan fingerprint density at radius 1 is 1.38 bits per heavy atom. The molecule has 21 heavy (non-hydrogen) atoms. The Morgan fingerprint density at radius 2 is 2.10 bits per heavy atom. The fourth-order valence-corrected chi connectivity index (χ4v) is 2.83. The molecule has 1 saturated heterocycles. The predicted molar refractivity (Wildman–Crippen MR) is 83.0 cm³/mol. The van der Waals surface area contributed by atoms with Gasteiger partial charge in [-0.2, -0.15) is 0 Å². The SMILES string of the molecule is CCCCN1CCC(NC(=O)c2ccc(F)cc2C)CC1. The third-order valence-corrected chi connectivity index (χ3v) is 4.18. The van der Waals surface area contributed by atoms with Crippen molar-refractivity contribution in [1.29, 1.82) is 0 Å². The Labute approximate surface area is 126 Å². The molecule has 0 unspecified atom stereocenters. The maximum absolute atomic E-state index is 13.1. The molecular weight excluding hydrogens is 267 g/mol. The summed E-state index contributed by atoms with van der Waals surface area (Å²) >= 11 is 0. The lowest BCUT2D eigenvalue weighted by Crippen LogP contribution is -2.45. The molecule has 0 radical (unpaired) electrons. The summed E-state index contributed by atoms with van der Waals surface area (Å²) in [5, 5.41) is 3.08. The van der Waals surface area contributed by atoms with E-state index in [1.54, 1.807) is 13.0 Å². The molecule has 1 aliphatic heterocycles. The lowest BCUT2D eigenvalue weighted by atomic mass is 10.0. The molecule has 1 N–H and O–H groups in total. The van der Waals surface area contributed by atoms with Crippen LogP contribution in [0.3, 0.4) is 0 Å². The van der Waals surface area contributed by atoms with E-state index in [4.69, 9.17) is 0 Å². The van der Waals surface area contributed by atoms with Crippen LogP contribution < -0.4 is 5.32 Å². The second-order valence-corrected chi connectivity index (χ2v) is 5.90. The van der Waals surface area contributed by atoms with Crippen LogP contribution in [-0.4, -0.2) is 36.5 Å². The fourth-order valence-electron chi connectivity index (χ4n) is 2.83. The number of nitrogens with one attached hydrogen (secondary N) is 1. The molecule has 0 saturated carbocycles. The van der Waals surface area contributed by atoms with E-state index in [1.807, 2.05) is 0 Å². The average Bonchev–Trinajstić information content (AvgIpc) is 2.46. The largest absolute Gasteiger partial charge is 0.349 e. The number of unbranched alkanes of at least 4 members (excludes halogenated alkanes) is 1. The first-order valence-electron chi connectivity index (χ1n) is 7.89. The lowest BCUT2D eigenvalue weighted by molar-refractivity contribution is 0.0910. The first-order chi connectivity index (χ1) is 10.1. The highest BCUT2D eigenvalue weighted by Crippen LogP contribution is 2.14. The zero-order chi connectivity index (χ0) is 15.2. The molecular formula is C17H25FN2O. The van der Waals surface area contributed by atoms with E-state index in [0.29, 0.717) is 11.1 Å². The number of halogens is 1. The van der Waals surface area contributed by atoms with E-state index >= 15 is 0 Å². The van der Waals surface area contributed by atoms with Gasteiger partial charge in [0.2, 0.25) is 0 Å². The summed E-state index contributed by atoms with van der Waals surface area (Å²) in [5.41, 5.74) is 1.26. The van der Waals surface area contributed by atoms with Crippen LogP contribution in [0.1, 0.15) is 48.5 Å². The number of hydrogen-bond donors (Lipinski definition) is 1. The summed E-state index contributed by atoms with van der Waals surface area (Å²) in [6.45, 7) is 7.23. The van der Waals surface area contributed by atoms with Crippen molar-refractivity contribution in [3.05, 3.63) is 35.1 Å². The fraction of sp³-hybridized carbons (Fsp3) is 0.588. The number of amides is 1. The number of aryl methyl sites for hydroxylation is 1. The Balaban J connectivity index is 1.84. The van der Waals surface area contributed by atoms with Gasteiger partial charge in [0.1, 0.15) is 5.82 Å². The highest BCUT2D eigenvalue weighted by atomic mass is 19.1. The predicted octanol–water partition coefficient (Wildman–Crippen LogP) is 3.13. The molecule has 2 rings (SSSR count). The van der Waals surface area contributed by atoms with Crippen molar-refractivity contribution in [1.82, 2.24) is 10.2 Å². The number of benzene rings is 1. The van der Waals surface area contributed by atoms with Gasteiger partial charge in [-0.3, -0.25) is 4.79 Å². The third kappa shape index (κ3) is 4.53. The first kappa shape index (κ1) is 16.0. The van der Waals surface area contributed by atoms with Crippen LogP contribution in [0.5, 0.6) is 0 Å². The van der Waals surface area contributed by atoms with Crippen molar-refractivity contribution >= 4 is 5.91 Å². The molecule has 0 aromatic heterocycles. The normalized spacial score (nSPS) is 16.9. The van der Waals surface area contributed by atoms with E-state index in [0.717, 1.165) is 32.5 Å². The van der Waals surface area contributed by atoms with Crippen molar-refractivity contribution in [2.45, 2.75) is 45.6 Å². The van der Waals surface area contributed by atoms with Gasteiger partial charge < -0.3 is 10.2 Å². The number of piperidine rings is 1. The van der Waals surface area contributed by atoms with Gasteiger partial charge in [0, 0.05) is 24.7 Å². The zero-order valence-corrected chi connectivity index (χ0v) is 13.0. The molecule has 1 amide bonds. The molecule has 1 fully saturated rings. The quantitative estimate of drug-likeness (QED) is 0.904. The van der Waals surface area contributed by atoms with Gasteiger partial charge in [-0.25, -0.2) is 4.39 Å². The summed E-state index contributed by atoms with van der Waals surface area (Å²) in [4.78, 5) is 14.7. The molecule has 1 heterocycles. The highest BCUT2D eigenvalue weighted by molar-refractivity contribution is 5.95.